The third kappa shape index (κ3) is 21.2. The molecule has 142 valence electrons. The Morgan fingerprint density at radius 2 is 1.00 bits per heavy atom. The van der Waals surface area contributed by atoms with Crippen LogP contribution in [0.3, 0.4) is 0 Å². The summed E-state index contributed by atoms with van der Waals surface area (Å²) in [5, 5.41) is 0. The van der Waals surface area contributed by atoms with Gasteiger partial charge in [0.2, 0.25) is 5.91 Å². The first kappa shape index (κ1) is 23.2. The van der Waals surface area contributed by atoms with Crippen molar-refractivity contribution in [2.75, 3.05) is 0 Å². The van der Waals surface area contributed by atoms with Crippen LogP contribution in [-0.2, 0) is 4.79 Å². The molecule has 0 aromatic carbocycles. The van der Waals surface area contributed by atoms with Gasteiger partial charge in [-0.1, -0.05) is 103 Å². The summed E-state index contributed by atoms with van der Waals surface area (Å²) in [4.78, 5) is 10.6. The fraction of sp³-hybridized carbons (Fsp3) is 0.864. The Balaban J connectivity index is 3.05. The summed E-state index contributed by atoms with van der Waals surface area (Å²) in [6.45, 7) is 2.28. The van der Waals surface area contributed by atoms with E-state index in [1.165, 1.54) is 96.3 Å². The van der Waals surface area contributed by atoms with Crippen LogP contribution in [0.5, 0.6) is 0 Å². The lowest BCUT2D eigenvalue weighted by Gasteiger charge is -2.02. The molecule has 0 aliphatic rings. The first-order valence-electron chi connectivity index (χ1n) is 10.7. The van der Waals surface area contributed by atoms with Crippen molar-refractivity contribution < 1.29 is 4.79 Å². The Bertz CT molecular complexity index is 286. The molecule has 0 saturated heterocycles. The van der Waals surface area contributed by atoms with Crippen LogP contribution in [0.15, 0.2) is 12.2 Å². The smallest absolute Gasteiger partial charge is 0.217 e. The molecule has 0 heterocycles. The Morgan fingerprint density at radius 1 is 0.625 bits per heavy atom. The molecule has 0 radical (unpaired) electrons. The molecule has 2 N–H and O–H groups in total. The van der Waals surface area contributed by atoms with Crippen LogP contribution < -0.4 is 5.73 Å². The number of hydrogen-bond donors (Lipinski definition) is 1. The van der Waals surface area contributed by atoms with Crippen molar-refractivity contribution in [3.63, 3.8) is 0 Å². The predicted octanol–water partition coefficient (Wildman–Crippen LogP) is 7.07. The maximum atomic E-state index is 10.6. The van der Waals surface area contributed by atoms with Crippen LogP contribution in [0.25, 0.3) is 0 Å². The van der Waals surface area contributed by atoms with Crippen LogP contribution in [-0.4, -0.2) is 5.91 Å². The largest absolute Gasteiger partial charge is 0.370 e. The Hall–Kier alpha value is -0.790. The second-order valence-electron chi connectivity index (χ2n) is 7.21. The molecule has 1 amide bonds. The molecule has 0 rings (SSSR count). The van der Waals surface area contributed by atoms with E-state index in [9.17, 15) is 4.79 Å². The molecule has 0 saturated carbocycles. The highest BCUT2D eigenvalue weighted by Gasteiger charge is 1.94. The predicted molar refractivity (Wildman–Crippen MR) is 107 cm³/mol. The van der Waals surface area contributed by atoms with E-state index < -0.39 is 0 Å². The number of rotatable bonds is 19. The lowest BCUT2D eigenvalue weighted by atomic mass is 10.0. The van der Waals surface area contributed by atoms with Crippen molar-refractivity contribution in [3.05, 3.63) is 12.2 Å². The van der Waals surface area contributed by atoms with Crippen molar-refractivity contribution in [3.8, 4) is 0 Å². The zero-order valence-corrected chi connectivity index (χ0v) is 16.4. The van der Waals surface area contributed by atoms with Gasteiger partial charge in [0.1, 0.15) is 0 Å². The van der Waals surface area contributed by atoms with E-state index in [1.807, 2.05) is 0 Å². The van der Waals surface area contributed by atoms with E-state index in [2.05, 4.69) is 19.1 Å². The number of amides is 1. The van der Waals surface area contributed by atoms with Gasteiger partial charge in [-0.05, 0) is 25.7 Å². The van der Waals surface area contributed by atoms with Crippen molar-refractivity contribution in [1.29, 1.82) is 0 Å². The van der Waals surface area contributed by atoms with Crippen LogP contribution in [0.1, 0.15) is 122 Å². The SMILES string of the molecule is CCCCCCCCCCCCCCCCC=CCCCC(N)=O. The highest BCUT2D eigenvalue weighted by atomic mass is 16.1. The second kappa shape index (κ2) is 20.3. The van der Waals surface area contributed by atoms with Crippen molar-refractivity contribution >= 4 is 5.91 Å². The summed E-state index contributed by atoms with van der Waals surface area (Å²) in [5.74, 6) is -0.185. The number of carbonyl (C=O) groups is 1. The van der Waals surface area contributed by atoms with Gasteiger partial charge in [0.25, 0.3) is 0 Å². The fourth-order valence-corrected chi connectivity index (χ4v) is 3.09. The third-order valence-corrected chi connectivity index (χ3v) is 4.68. The van der Waals surface area contributed by atoms with E-state index in [1.54, 1.807) is 0 Å². The highest BCUT2D eigenvalue weighted by Crippen LogP contribution is 2.13. The number of hydrogen-bond acceptors (Lipinski definition) is 1. The van der Waals surface area contributed by atoms with E-state index in [4.69, 9.17) is 5.73 Å². The van der Waals surface area contributed by atoms with Gasteiger partial charge < -0.3 is 5.73 Å². The normalized spacial score (nSPS) is 11.4. The lowest BCUT2D eigenvalue weighted by molar-refractivity contribution is -0.118. The molecule has 2 heteroatoms. The molecule has 24 heavy (non-hydrogen) atoms. The van der Waals surface area contributed by atoms with E-state index in [-0.39, 0.29) is 5.91 Å². The van der Waals surface area contributed by atoms with Gasteiger partial charge in [-0.25, -0.2) is 0 Å². The number of primary amides is 1. The maximum absolute atomic E-state index is 10.6. The van der Waals surface area contributed by atoms with E-state index in [0.717, 1.165) is 12.8 Å². The fourth-order valence-electron chi connectivity index (χ4n) is 3.09. The molecule has 0 atom stereocenters. The first-order chi connectivity index (χ1) is 11.8. The Kier molecular flexibility index (Phi) is 19.6. The Labute approximate surface area is 151 Å². The van der Waals surface area contributed by atoms with Crippen LogP contribution in [0, 0.1) is 0 Å². The van der Waals surface area contributed by atoms with Crippen molar-refractivity contribution in [2.45, 2.75) is 122 Å². The minimum absolute atomic E-state index is 0.185. The summed E-state index contributed by atoms with van der Waals surface area (Å²) in [7, 11) is 0. The number of unbranched alkanes of at least 4 members (excludes halogenated alkanes) is 15. The molecule has 0 aliphatic heterocycles. The number of allylic oxidation sites excluding steroid dienone is 2. The molecule has 0 spiro atoms. The molecule has 0 aromatic rings. The van der Waals surface area contributed by atoms with Crippen LogP contribution in [0.2, 0.25) is 0 Å². The minimum Gasteiger partial charge on any atom is -0.370 e. The van der Waals surface area contributed by atoms with E-state index >= 15 is 0 Å². The van der Waals surface area contributed by atoms with Gasteiger partial charge in [-0.3, -0.25) is 4.79 Å². The third-order valence-electron chi connectivity index (χ3n) is 4.68. The molecule has 0 unspecified atom stereocenters. The van der Waals surface area contributed by atoms with Gasteiger partial charge in [0.15, 0.2) is 0 Å². The zero-order valence-electron chi connectivity index (χ0n) is 16.4. The minimum atomic E-state index is -0.185. The van der Waals surface area contributed by atoms with Gasteiger partial charge in [-0.2, -0.15) is 0 Å². The van der Waals surface area contributed by atoms with Crippen LogP contribution in [0.4, 0.5) is 0 Å². The quantitative estimate of drug-likeness (QED) is 0.199. The average molecular weight is 338 g/mol. The highest BCUT2D eigenvalue weighted by molar-refractivity contribution is 5.73. The summed E-state index contributed by atoms with van der Waals surface area (Å²) in [6, 6.07) is 0. The summed E-state index contributed by atoms with van der Waals surface area (Å²) < 4.78 is 0. The topological polar surface area (TPSA) is 43.1 Å². The van der Waals surface area contributed by atoms with E-state index in [0.29, 0.717) is 6.42 Å². The van der Waals surface area contributed by atoms with Gasteiger partial charge >= 0.3 is 0 Å². The summed E-state index contributed by atoms with van der Waals surface area (Å²) >= 11 is 0. The average Bonchev–Trinajstić information content (AvgIpc) is 2.56. The van der Waals surface area contributed by atoms with Crippen molar-refractivity contribution in [1.82, 2.24) is 0 Å². The second-order valence-corrected chi connectivity index (χ2v) is 7.21. The number of carbonyl (C=O) groups excluding carboxylic acids is 1. The zero-order chi connectivity index (χ0) is 17.7. The molecule has 0 aromatic heterocycles. The molecule has 0 bridgehead atoms. The molecule has 2 nitrogen and oxygen atoms in total. The summed E-state index contributed by atoms with van der Waals surface area (Å²) in [6.07, 6.45) is 27.9. The lowest BCUT2D eigenvalue weighted by Crippen LogP contribution is -2.09. The maximum Gasteiger partial charge on any atom is 0.217 e. The standard InChI is InChI=1S/C22H43NO/c1-2-3-4-5-6-7-8-9-10-11-12-13-14-15-16-17-18-19-20-21-22(23)24/h17-18H,2-16,19-21H2,1H3,(H2,23,24). The first-order valence-corrected chi connectivity index (χ1v) is 10.7. The molecule has 0 aliphatic carbocycles. The van der Waals surface area contributed by atoms with Gasteiger partial charge in [0, 0.05) is 6.42 Å². The molecular formula is C22H43NO. The molecule has 0 fully saturated rings. The monoisotopic (exact) mass is 337 g/mol. The van der Waals surface area contributed by atoms with Gasteiger partial charge in [0.05, 0.1) is 0 Å². The molecular weight excluding hydrogens is 294 g/mol. The summed E-state index contributed by atoms with van der Waals surface area (Å²) in [5.41, 5.74) is 5.11. The van der Waals surface area contributed by atoms with Gasteiger partial charge in [-0.15, -0.1) is 0 Å². The number of nitrogens with two attached hydrogens (primary N) is 1. The van der Waals surface area contributed by atoms with Crippen molar-refractivity contribution in [2.24, 2.45) is 5.73 Å². The Morgan fingerprint density at radius 3 is 1.42 bits per heavy atom. The van der Waals surface area contributed by atoms with Crippen LogP contribution >= 0.6 is 0 Å².